The Labute approximate surface area is 561 Å². The lowest BCUT2D eigenvalue weighted by Crippen LogP contribution is -2.45. The van der Waals surface area contributed by atoms with Gasteiger partial charge in [0.1, 0.15) is 36.1 Å². The first-order valence-electron chi connectivity index (χ1n) is 37.0. The quantitative estimate of drug-likeness (QED) is 0.0967. The summed E-state index contributed by atoms with van der Waals surface area (Å²) in [6.45, 7) is 25.5. The van der Waals surface area contributed by atoms with E-state index in [0.29, 0.717) is 98.4 Å². The first-order valence-corrected chi connectivity index (χ1v) is 37.0. The Morgan fingerprint density at radius 3 is 1.51 bits per heavy atom. The van der Waals surface area contributed by atoms with Gasteiger partial charge in [-0.25, -0.2) is 0 Å². The molecule has 10 aliphatic carbocycles. The van der Waals surface area contributed by atoms with Crippen LogP contribution in [0.25, 0.3) is 0 Å². The molecule has 27 unspecified atom stereocenters. The highest BCUT2D eigenvalue weighted by Gasteiger charge is 2.68. The monoisotopic (exact) mass is 1330 g/mol. The molecule has 15 aliphatic rings. The van der Waals surface area contributed by atoms with Crippen LogP contribution in [0.3, 0.4) is 0 Å². The van der Waals surface area contributed by atoms with E-state index < -0.39 is 5.60 Å². The highest BCUT2D eigenvalue weighted by molar-refractivity contribution is 5.81. The Morgan fingerprint density at radius 2 is 1.00 bits per heavy atom. The van der Waals surface area contributed by atoms with Crippen molar-refractivity contribution < 1.29 is 95.3 Å². The average Bonchev–Trinajstić information content (AvgIpc) is 1.60. The highest BCUT2D eigenvalue weighted by Crippen LogP contribution is 2.65. The Kier molecular flexibility index (Phi) is 21.0. The highest BCUT2D eigenvalue weighted by atomic mass is 16.6. The molecule has 5 heterocycles. The van der Waals surface area contributed by atoms with E-state index in [1.54, 1.807) is 0 Å². The molecule has 5 aliphatic heterocycles. The molecule has 0 N–H and O–H groups in total. The molecule has 5 saturated heterocycles. The van der Waals surface area contributed by atoms with Crippen LogP contribution in [0.5, 0.6) is 0 Å². The first-order chi connectivity index (χ1) is 45.1. The Balaban J connectivity index is 0.000000121. The Hall–Kier alpha value is -5.30. The van der Waals surface area contributed by atoms with Crippen molar-refractivity contribution >= 4 is 59.7 Å². The van der Waals surface area contributed by atoms with Crippen LogP contribution in [0.2, 0.25) is 0 Å². The molecule has 27 atom stereocenters. The fraction of sp³-hybridized carbons (Fsp3) is 0.867. The van der Waals surface area contributed by atoms with Crippen molar-refractivity contribution in [3.63, 3.8) is 0 Å². The number of carbonyl (C=O) groups excluding carboxylic acids is 10. The summed E-state index contributed by atoms with van der Waals surface area (Å²) in [5.74, 6) is 3.60. The van der Waals surface area contributed by atoms with Gasteiger partial charge in [-0.3, -0.25) is 47.9 Å². The van der Waals surface area contributed by atoms with Crippen LogP contribution in [0.15, 0.2) is 0 Å². The molecule has 20 nitrogen and oxygen atoms in total. The molecule has 3 spiro atoms. The first kappa shape index (κ1) is 71.0. The number of hydrogen-bond donors (Lipinski definition) is 0. The van der Waals surface area contributed by atoms with Crippen molar-refractivity contribution in [1.82, 2.24) is 0 Å². The van der Waals surface area contributed by atoms with Crippen LogP contribution in [0.1, 0.15) is 218 Å². The van der Waals surface area contributed by atoms with Gasteiger partial charge in [0.25, 0.3) is 0 Å². The van der Waals surface area contributed by atoms with Crippen LogP contribution in [0.4, 0.5) is 0 Å². The Morgan fingerprint density at radius 1 is 0.505 bits per heavy atom. The summed E-state index contributed by atoms with van der Waals surface area (Å²) in [4.78, 5) is 118. The number of ether oxygens (including phenoxy) is 10. The van der Waals surface area contributed by atoms with E-state index in [9.17, 15) is 47.9 Å². The largest absolute Gasteiger partial charge is 0.465 e. The van der Waals surface area contributed by atoms with Gasteiger partial charge in [0.2, 0.25) is 0 Å². The summed E-state index contributed by atoms with van der Waals surface area (Å²) in [6, 6.07) is 0. The normalized spacial score (nSPS) is 41.3. The zero-order chi connectivity index (χ0) is 68.4. The number of carbonyl (C=O) groups is 10. The average molecular weight is 1330 g/mol. The van der Waals surface area contributed by atoms with Gasteiger partial charge in [-0.15, -0.1) is 0 Å². The van der Waals surface area contributed by atoms with Gasteiger partial charge in [0.05, 0.1) is 86.1 Å². The maximum Gasteiger partial charge on any atom is 0.312 e. The predicted octanol–water partition coefficient (Wildman–Crippen LogP) is 11.2. The Bertz CT molecular complexity index is 2920. The van der Waals surface area contributed by atoms with Crippen LogP contribution in [-0.2, 0) is 95.3 Å². The fourth-order valence-electron chi connectivity index (χ4n) is 20.8. The third-order valence-corrected chi connectivity index (χ3v) is 27.1. The third kappa shape index (κ3) is 13.7. The maximum atomic E-state index is 12.1. The summed E-state index contributed by atoms with van der Waals surface area (Å²) in [7, 11) is 0. The predicted molar refractivity (Wildman–Crippen MR) is 341 cm³/mol. The van der Waals surface area contributed by atoms with Crippen molar-refractivity contribution in [2.75, 3.05) is 26.4 Å². The van der Waals surface area contributed by atoms with Gasteiger partial charge >= 0.3 is 59.7 Å². The standard InChI is InChI=1S/C16H24O4.3C15H22O4.C14H20O4/c1-5-8(2)14(17)20-16(3,4)13-9-6-10-11(7-9)19-15(18)12(10)13;1-3-9(2)14(17)19-12-5-11-4-10(12)6-15(11)7-13(16)18-8-15;1-3-9(2)14(17)19-12-5-10-4-11(12)15(6-10)7-13(16)18-8-15;1-3-9(2)13(16)19-12-7-11-6-10(12)8-15(11)4-5-18-14(15)17;1-3-7(2)13(15)17-6-10-8-4-9-11(5-8)18-14(16)12(9)10/h8-13H,5-7H2,1-4H3;3*9-12H,3-8H2,1-2H3;7-12H,3-6H2,1-2H3. The number of fused-ring (bicyclic) bond motifs is 11. The molecule has 20 heteroatoms. The van der Waals surface area contributed by atoms with E-state index in [4.69, 9.17) is 47.4 Å². The molecule has 0 aromatic rings. The van der Waals surface area contributed by atoms with Gasteiger partial charge in [-0.2, -0.15) is 0 Å². The molecule has 10 bridgehead atoms. The molecular formula is C75H110O20. The zero-order valence-electron chi connectivity index (χ0n) is 58.7. The molecule has 530 valence electrons. The van der Waals surface area contributed by atoms with Crippen molar-refractivity contribution in [3.05, 3.63) is 0 Å². The zero-order valence-corrected chi connectivity index (χ0v) is 58.7. The molecule has 15 fully saturated rings. The third-order valence-electron chi connectivity index (χ3n) is 27.1. The molecule has 0 aromatic carbocycles. The number of hydrogen-bond acceptors (Lipinski definition) is 20. The maximum absolute atomic E-state index is 12.1. The van der Waals surface area contributed by atoms with Crippen LogP contribution in [-0.4, -0.2) is 122 Å². The van der Waals surface area contributed by atoms with Crippen LogP contribution < -0.4 is 0 Å². The number of esters is 10. The second-order valence-corrected chi connectivity index (χ2v) is 33.0. The molecular weight excluding hydrogens is 1220 g/mol. The summed E-state index contributed by atoms with van der Waals surface area (Å²) in [5.41, 5.74) is -0.774. The van der Waals surface area contributed by atoms with Crippen LogP contribution in [0, 0.1) is 129 Å². The van der Waals surface area contributed by atoms with Gasteiger partial charge < -0.3 is 47.4 Å². The second kappa shape index (κ2) is 28.1. The smallest absolute Gasteiger partial charge is 0.312 e. The number of cyclic esters (lactones) is 3. The van der Waals surface area contributed by atoms with E-state index in [1.165, 1.54) is 0 Å². The fourth-order valence-corrected chi connectivity index (χ4v) is 20.8. The van der Waals surface area contributed by atoms with E-state index in [0.717, 1.165) is 122 Å². The van der Waals surface area contributed by atoms with E-state index >= 15 is 0 Å². The van der Waals surface area contributed by atoms with Gasteiger partial charge in [-0.05, 0) is 177 Å². The molecule has 10 saturated carbocycles. The second-order valence-electron chi connectivity index (χ2n) is 33.0. The lowest BCUT2D eigenvalue weighted by molar-refractivity contribution is -0.172. The number of rotatable bonds is 17. The molecule has 0 radical (unpaired) electrons. The lowest BCUT2D eigenvalue weighted by atomic mass is 9.71. The molecule has 0 amide bonds. The van der Waals surface area contributed by atoms with Gasteiger partial charge in [-0.1, -0.05) is 69.2 Å². The van der Waals surface area contributed by atoms with E-state index in [2.05, 4.69) is 0 Å². The minimum atomic E-state index is -0.584. The summed E-state index contributed by atoms with van der Waals surface area (Å²) < 4.78 is 54.5. The molecule has 0 aromatic heterocycles. The van der Waals surface area contributed by atoms with Gasteiger partial charge in [0.15, 0.2) is 0 Å². The topological polar surface area (TPSA) is 263 Å². The SMILES string of the molecule is CCC(C)C(=O)OC(C)(C)C1C2CC3OC(=O)C1C3C2.CCC(C)C(=O)OC1CC2CC1C1(COC(=O)C1)C2.CCC(C)C(=O)OC1CC2CC1CC21CCOC1=O.CCC(C)C(=O)OC1CC2CC1CC21COC(=O)C1.CCC(C)C(=O)OCC1C2CC3OC(=O)C1C3C2. The van der Waals surface area contributed by atoms with Crippen molar-refractivity contribution in [2.45, 2.75) is 254 Å². The van der Waals surface area contributed by atoms with E-state index in [1.807, 2.05) is 83.1 Å². The summed E-state index contributed by atoms with van der Waals surface area (Å²) >= 11 is 0. The van der Waals surface area contributed by atoms with Crippen molar-refractivity contribution in [1.29, 1.82) is 0 Å². The van der Waals surface area contributed by atoms with Gasteiger partial charge in [0, 0.05) is 40.4 Å². The summed E-state index contributed by atoms with van der Waals surface area (Å²) in [5, 5.41) is 0. The minimum absolute atomic E-state index is 0.00140. The van der Waals surface area contributed by atoms with Crippen LogP contribution >= 0.6 is 0 Å². The van der Waals surface area contributed by atoms with Crippen molar-refractivity contribution in [3.8, 4) is 0 Å². The molecule has 15 rings (SSSR count). The van der Waals surface area contributed by atoms with Crippen molar-refractivity contribution in [2.24, 2.45) is 129 Å². The lowest BCUT2D eigenvalue weighted by Gasteiger charge is -2.38. The summed E-state index contributed by atoms with van der Waals surface area (Å²) in [6.07, 6.45) is 19.3. The van der Waals surface area contributed by atoms with E-state index in [-0.39, 0.29) is 160 Å². The minimum Gasteiger partial charge on any atom is -0.465 e. The molecule has 95 heavy (non-hydrogen) atoms.